The Balaban J connectivity index is 1.70. The van der Waals surface area contributed by atoms with Crippen molar-refractivity contribution < 1.29 is 22.6 Å². The molecule has 0 fully saturated rings. The smallest absolute Gasteiger partial charge is 0.417 e. The summed E-state index contributed by atoms with van der Waals surface area (Å²) in [5, 5.41) is 4.39. The Labute approximate surface area is 176 Å². The van der Waals surface area contributed by atoms with E-state index in [1.807, 2.05) is 30.3 Å². The molecule has 0 saturated carbocycles. The summed E-state index contributed by atoms with van der Waals surface area (Å²) in [5.41, 5.74) is 1.37. The molecular formula is C23H18F3N3O2. The zero-order valence-corrected chi connectivity index (χ0v) is 16.6. The zero-order valence-electron chi connectivity index (χ0n) is 16.6. The highest BCUT2D eigenvalue weighted by Crippen LogP contribution is 2.40. The molecule has 5 nitrogen and oxygen atoms in total. The highest BCUT2D eigenvalue weighted by Gasteiger charge is 2.35. The van der Waals surface area contributed by atoms with Crippen LogP contribution in [0.15, 0.2) is 54.6 Å². The van der Waals surface area contributed by atoms with Crippen LogP contribution in [0.4, 0.5) is 13.2 Å². The van der Waals surface area contributed by atoms with Gasteiger partial charge in [-0.25, -0.2) is 9.67 Å². The second-order valence-corrected chi connectivity index (χ2v) is 7.34. The number of pyridine rings is 1. The first-order valence-corrected chi connectivity index (χ1v) is 9.79. The lowest BCUT2D eigenvalue weighted by molar-refractivity contribution is -0.136. The summed E-state index contributed by atoms with van der Waals surface area (Å²) in [4.78, 5) is 4.59. The van der Waals surface area contributed by atoms with E-state index in [1.165, 1.54) is 4.68 Å². The molecule has 0 atom stereocenters. The standard InChI is InChI=1S/C23H18F3N3O2/c1-14-21-17(23(24,25)26)12-18(16-7-8-19-20(11-16)31-10-9-30-19)27-22(21)29(28-14)13-15-5-3-2-4-6-15/h2-8,11-12H,9-10,13H2,1H3. The molecule has 1 aliphatic rings. The van der Waals surface area contributed by atoms with Crippen molar-refractivity contribution in [3.63, 3.8) is 0 Å². The third-order valence-corrected chi connectivity index (χ3v) is 5.20. The number of aromatic nitrogens is 3. The van der Waals surface area contributed by atoms with Crippen LogP contribution in [0.3, 0.4) is 0 Å². The Morgan fingerprint density at radius 3 is 2.45 bits per heavy atom. The van der Waals surface area contributed by atoms with Crippen LogP contribution in [0, 0.1) is 6.92 Å². The van der Waals surface area contributed by atoms with Crippen LogP contribution in [-0.2, 0) is 12.7 Å². The van der Waals surface area contributed by atoms with Crippen molar-refractivity contribution in [1.82, 2.24) is 14.8 Å². The second-order valence-electron chi connectivity index (χ2n) is 7.34. The van der Waals surface area contributed by atoms with E-state index in [1.54, 1.807) is 25.1 Å². The zero-order chi connectivity index (χ0) is 21.6. The van der Waals surface area contributed by atoms with Crippen molar-refractivity contribution >= 4 is 11.0 Å². The van der Waals surface area contributed by atoms with Crippen LogP contribution in [0.25, 0.3) is 22.3 Å². The van der Waals surface area contributed by atoms with Gasteiger partial charge in [0.2, 0.25) is 0 Å². The van der Waals surface area contributed by atoms with Crippen LogP contribution in [0.1, 0.15) is 16.8 Å². The summed E-state index contributed by atoms with van der Waals surface area (Å²) >= 11 is 0. The summed E-state index contributed by atoms with van der Waals surface area (Å²) in [6.45, 7) is 2.72. The van der Waals surface area contributed by atoms with Crippen LogP contribution in [-0.4, -0.2) is 28.0 Å². The summed E-state index contributed by atoms with van der Waals surface area (Å²) in [7, 11) is 0. The average molecular weight is 425 g/mol. The second kappa shape index (κ2) is 7.30. The van der Waals surface area contributed by atoms with Gasteiger partial charge in [-0.2, -0.15) is 18.3 Å². The molecular weight excluding hydrogens is 407 g/mol. The molecule has 3 heterocycles. The molecule has 0 bridgehead atoms. The number of nitrogens with zero attached hydrogens (tertiary/aromatic N) is 3. The number of halogens is 3. The van der Waals surface area contributed by atoms with Gasteiger partial charge in [0, 0.05) is 5.56 Å². The minimum atomic E-state index is -4.55. The third-order valence-electron chi connectivity index (χ3n) is 5.20. The Morgan fingerprint density at radius 2 is 1.71 bits per heavy atom. The van der Waals surface area contributed by atoms with Gasteiger partial charge < -0.3 is 9.47 Å². The molecule has 0 N–H and O–H groups in total. The van der Waals surface area contributed by atoms with E-state index in [-0.39, 0.29) is 16.7 Å². The highest BCUT2D eigenvalue weighted by molar-refractivity contribution is 5.86. The number of ether oxygens (including phenoxy) is 2. The molecule has 0 unspecified atom stereocenters. The van der Waals surface area contributed by atoms with Gasteiger partial charge in [0.25, 0.3) is 0 Å². The number of fused-ring (bicyclic) bond motifs is 2. The van der Waals surface area contributed by atoms with E-state index in [2.05, 4.69) is 10.1 Å². The van der Waals surface area contributed by atoms with Crippen LogP contribution in [0.5, 0.6) is 11.5 Å². The van der Waals surface area contributed by atoms with Gasteiger partial charge in [0.15, 0.2) is 17.1 Å². The SMILES string of the molecule is Cc1nn(Cc2ccccc2)c2nc(-c3ccc4c(c3)OCCO4)cc(C(F)(F)F)c12. The van der Waals surface area contributed by atoms with Crippen molar-refractivity contribution in [2.24, 2.45) is 0 Å². The maximum Gasteiger partial charge on any atom is 0.417 e. The van der Waals surface area contributed by atoms with Crippen molar-refractivity contribution in [2.75, 3.05) is 13.2 Å². The monoisotopic (exact) mass is 425 g/mol. The molecule has 31 heavy (non-hydrogen) atoms. The van der Waals surface area contributed by atoms with Gasteiger partial charge in [0.1, 0.15) is 13.2 Å². The number of aryl methyl sites for hydroxylation is 1. The first kappa shape index (κ1) is 19.4. The van der Waals surface area contributed by atoms with Gasteiger partial charge in [-0.15, -0.1) is 0 Å². The maximum absolute atomic E-state index is 14.0. The number of hydrogen-bond acceptors (Lipinski definition) is 4. The fourth-order valence-corrected chi connectivity index (χ4v) is 3.79. The molecule has 0 spiro atoms. The van der Waals surface area contributed by atoms with Gasteiger partial charge in [-0.3, -0.25) is 0 Å². The lowest BCUT2D eigenvalue weighted by Crippen LogP contribution is -2.15. The van der Waals surface area contributed by atoms with Crippen molar-refractivity contribution in [3.8, 4) is 22.8 Å². The van der Waals surface area contributed by atoms with E-state index >= 15 is 0 Å². The summed E-state index contributed by atoms with van der Waals surface area (Å²) < 4.78 is 54.6. The predicted molar refractivity (Wildman–Crippen MR) is 109 cm³/mol. The molecule has 2 aromatic heterocycles. The first-order chi connectivity index (χ1) is 14.9. The van der Waals surface area contributed by atoms with E-state index in [9.17, 15) is 13.2 Å². The molecule has 0 aliphatic carbocycles. The average Bonchev–Trinajstić information content (AvgIpc) is 3.08. The number of rotatable bonds is 3. The summed E-state index contributed by atoms with van der Waals surface area (Å²) in [6.07, 6.45) is -4.55. The molecule has 0 radical (unpaired) electrons. The van der Waals surface area contributed by atoms with Crippen LogP contribution in [0.2, 0.25) is 0 Å². The highest BCUT2D eigenvalue weighted by atomic mass is 19.4. The first-order valence-electron chi connectivity index (χ1n) is 9.79. The molecule has 5 rings (SSSR count). The Bertz CT molecular complexity index is 1270. The van der Waals surface area contributed by atoms with Crippen molar-refractivity contribution in [2.45, 2.75) is 19.6 Å². The molecule has 1 aliphatic heterocycles. The topological polar surface area (TPSA) is 49.2 Å². The van der Waals surface area contributed by atoms with Gasteiger partial charge in [0.05, 0.1) is 28.9 Å². The van der Waals surface area contributed by atoms with Gasteiger partial charge in [-0.05, 0) is 36.8 Å². The fourth-order valence-electron chi connectivity index (χ4n) is 3.79. The lowest BCUT2D eigenvalue weighted by atomic mass is 10.0. The molecule has 158 valence electrons. The fraction of sp³-hybridized carbons (Fsp3) is 0.217. The van der Waals surface area contributed by atoms with E-state index in [0.717, 1.165) is 11.6 Å². The van der Waals surface area contributed by atoms with Crippen molar-refractivity contribution in [1.29, 1.82) is 0 Å². The van der Waals surface area contributed by atoms with E-state index in [0.29, 0.717) is 42.5 Å². The van der Waals surface area contributed by atoms with E-state index < -0.39 is 11.7 Å². The number of benzene rings is 2. The quantitative estimate of drug-likeness (QED) is 0.450. The Morgan fingerprint density at radius 1 is 0.968 bits per heavy atom. The number of hydrogen-bond donors (Lipinski definition) is 0. The van der Waals surface area contributed by atoms with E-state index in [4.69, 9.17) is 9.47 Å². The summed E-state index contributed by atoms with van der Waals surface area (Å²) in [5.74, 6) is 1.06. The normalized spacial score (nSPS) is 13.5. The molecule has 0 saturated heterocycles. The summed E-state index contributed by atoms with van der Waals surface area (Å²) in [6, 6.07) is 15.6. The van der Waals surface area contributed by atoms with Crippen molar-refractivity contribution in [3.05, 3.63) is 71.4 Å². The Kier molecular flexibility index (Phi) is 4.57. The minimum Gasteiger partial charge on any atom is -0.486 e. The lowest BCUT2D eigenvalue weighted by Gasteiger charge is -2.19. The molecule has 2 aromatic carbocycles. The third kappa shape index (κ3) is 3.58. The molecule has 0 amide bonds. The minimum absolute atomic E-state index is 0.0183. The van der Waals surface area contributed by atoms with Crippen LogP contribution < -0.4 is 9.47 Å². The largest absolute Gasteiger partial charge is 0.486 e. The van der Waals surface area contributed by atoms with Gasteiger partial charge >= 0.3 is 6.18 Å². The van der Waals surface area contributed by atoms with Gasteiger partial charge in [-0.1, -0.05) is 30.3 Å². The predicted octanol–water partition coefficient (Wildman–Crippen LogP) is 5.25. The molecule has 4 aromatic rings. The maximum atomic E-state index is 14.0. The molecule has 8 heteroatoms. The van der Waals surface area contributed by atoms with Crippen LogP contribution >= 0.6 is 0 Å². The Hall–Kier alpha value is -3.55. The number of alkyl halides is 3.